The number of thioether (sulfide) groups is 1. The molecular weight excluding hydrogens is 325 g/mol. The smallest absolute Gasteiger partial charge is 0.362 e. The van der Waals surface area contributed by atoms with Gasteiger partial charge in [-0.15, -0.1) is 11.8 Å². The molecule has 1 aliphatic rings. The Morgan fingerprint density at radius 2 is 2.24 bits per heavy atom. The van der Waals surface area contributed by atoms with Crippen molar-refractivity contribution in [2.45, 2.75) is 19.1 Å². The number of halogens is 4. The summed E-state index contributed by atoms with van der Waals surface area (Å²) < 4.78 is 37.1. The Morgan fingerprint density at radius 1 is 1.48 bits per heavy atom. The number of rotatable bonds is 3. The fraction of sp³-hybridized carbons (Fsp3) is 0.385. The fourth-order valence-corrected chi connectivity index (χ4v) is 2.96. The van der Waals surface area contributed by atoms with Gasteiger partial charge in [-0.1, -0.05) is 17.7 Å². The van der Waals surface area contributed by atoms with Crippen molar-refractivity contribution in [3.8, 4) is 0 Å². The minimum atomic E-state index is -4.83. The average molecular weight is 337 g/mol. The molecular formula is C13H12ClF3N2OS. The number of carbonyl (C=O) groups excluding carboxylic acids is 1. The molecule has 0 amide bonds. The Labute approximate surface area is 129 Å². The zero-order valence-electron chi connectivity index (χ0n) is 10.9. The first-order chi connectivity index (χ1) is 9.86. The third kappa shape index (κ3) is 4.64. The van der Waals surface area contributed by atoms with Gasteiger partial charge in [-0.2, -0.15) is 13.2 Å². The number of nitrogens with zero attached hydrogens (tertiary/aromatic N) is 2. The third-order valence-corrected chi connectivity index (χ3v) is 4.22. The number of hydrogen-bond acceptors (Lipinski definition) is 4. The number of pyridine rings is 1. The zero-order valence-corrected chi connectivity index (χ0v) is 12.4. The quantitative estimate of drug-likeness (QED) is 0.623. The van der Waals surface area contributed by atoms with E-state index in [-0.39, 0.29) is 0 Å². The van der Waals surface area contributed by atoms with Crippen LogP contribution in [0.5, 0.6) is 0 Å². The van der Waals surface area contributed by atoms with Crippen molar-refractivity contribution in [2.75, 3.05) is 12.3 Å². The van der Waals surface area contributed by atoms with Crippen molar-refractivity contribution in [3.05, 3.63) is 40.2 Å². The molecule has 1 fully saturated rings. The summed E-state index contributed by atoms with van der Waals surface area (Å²) in [7, 11) is 0. The first-order valence-corrected chi connectivity index (χ1v) is 7.53. The summed E-state index contributed by atoms with van der Waals surface area (Å²) in [6.45, 7) is 1.00. The summed E-state index contributed by atoms with van der Waals surface area (Å²) in [4.78, 5) is 16.8. The average Bonchev–Trinajstić information content (AvgIpc) is 2.42. The highest BCUT2D eigenvalue weighted by Gasteiger charge is 2.37. The predicted molar refractivity (Wildman–Crippen MR) is 75.9 cm³/mol. The summed E-state index contributed by atoms with van der Waals surface area (Å²) in [6, 6.07) is 3.38. The van der Waals surface area contributed by atoms with Gasteiger partial charge >= 0.3 is 6.18 Å². The molecule has 0 N–H and O–H groups in total. The molecule has 2 heterocycles. The summed E-state index contributed by atoms with van der Waals surface area (Å²) in [5.41, 5.74) is 0.826. The van der Waals surface area contributed by atoms with Crippen LogP contribution in [0.3, 0.4) is 0 Å². The first kappa shape index (κ1) is 16.2. The molecule has 0 aliphatic carbocycles. The molecule has 8 heteroatoms. The fourth-order valence-electron chi connectivity index (χ4n) is 1.84. The second-order valence-electron chi connectivity index (χ2n) is 4.46. The molecule has 0 bridgehead atoms. The molecule has 3 nitrogen and oxygen atoms in total. The van der Waals surface area contributed by atoms with Crippen molar-refractivity contribution >= 4 is 29.1 Å². The van der Waals surface area contributed by atoms with Crippen LogP contribution >= 0.6 is 23.4 Å². The van der Waals surface area contributed by atoms with Gasteiger partial charge in [-0.25, -0.2) is 4.98 Å². The second kappa shape index (κ2) is 6.70. The zero-order chi connectivity index (χ0) is 15.5. The number of alkyl halides is 3. The van der Waals surface area contributed by atoms with Crippen LogP contribution in [0.25, 0.3) is 0 Å². The molecule has 0 atom stereocenters. The van der Waals surface area contributed by atoms with Gasteiger partial charge in [-0.3, -0.25) is 4.79 Å². The maximum Gasteiger partial charge on any atom is 0.454 e. The van der Waals surface area contributed by atoms with Crippen LogP contribution in [0, 0.1) is 0 Å². The number of carbonyl (C=O) groups is 1. The molecule has 1 aromatic rings. The van der Waals surface area contributed by atoms with Crippen LogP contribution < -0.4 is 0 Å². The van der Waals surface area contributed by atoms with Crippen molar-refractivity contribution in [3.63, 3.8) is 0 Å². The van der Waals surface area contributed by atoms with E-state index in [9.17, 15) is 18.0 Å². The van der Waals surface area contributed by atoms with Crippen LogP contribution in [0.2, 0.25) is 5.15 Å². The van der Waals surface area contributed by atoms with E-state index in [4.69, 9.17) is 11.6 Å². The third-order valence-electron chi connectivity index (χ3n) is 2.83. The van der Waals surface area contributed by atoms with E-state index >= 15 is 0 Å². The van der Waals surface area contributed by atoms with Gasteiger partial charge in [-0.05, 0) is 18.1 Å². The molecule has 1 saturated heterocycles. The summed E-state index contributed by atoms with van der Waals surface area (Å²) in [5, 5.41) is 0.702. The topological polar surface area (TPSA) is 33.2 Å². The summed E-state index contributed by atoms with van der Waals surface area (Å²) in [6.07, 6.45) is -1.74. The van der Waals surface area contributed by atoms with E-state index in [2.05, 4.69) is 4.98 Å². The van der Waals surface area contributed by atoms with Crippen LogP contribution in [-0.2, 0) is 11.3 Å². The Hall–Kier alpha value is -1.21. The SMILES string of the molecule is O=C(C=C1SCCCN1Cc1ccc(Cl)nc1)C(F)(F)F. The first-order valence-electron chi connectivity index (χ1n) is 6.17. The highest BCUT2D eigenvalue weighted by atomic mass is 35.5. The highest BCUT2D eigenvalue weighted by molar-refractivity contribution is 8.03. The monoisotopic (exact) mass is 336 g/mol. The van der Waals surface area contributed by atoms with Gasteiger partial charge in [0.05, 0.1) is 5.03 Å². The van der Waals surface area contributed by atoms with Crippen LogP contribution in [0.1, 0.15) is 12.0 Å². The van der Waals surface area contributed by atoms with Gasteiger partial charge in [0.2, 0.25) is 0 Å². The molecule has 114 valence electrons. The van der Waals surface area contributed by atoms with Crippen LogP contribution in [-0.4, -0.2) is 34.1 Å². The van der Waals surface area contributed by atoms with Gasteiger partial charge < -0.3 is 4.90 Å². The lowest BCUT2D eigenvalue weighted by Gasteiger charge is -2.31. The Balaban J connectivity index is 2.14. The largest absolute Gasteiger partial charge is 0.454 e. The second-order valence-corrected chi connectivity index (χ2v) is 5.96. The lowest BCUT2D eigenvalue weighted by Crippen LogP contribution is -2.29. The van der Waals surface area contributed by atoms with E-state index in [0.717, 1.165) is 12.0 Å². The van der Waals surface area contributed by atoms with Gasteiger partial charge in [0.1, 0.15) is 5.15 Å². The molecule has 0 unspecified atom stereocenters. The standard InChI is InChI=1S/C13H12ClF3N2OS/c14-11-3-2-9(7-18-11)8-19-4-1-5-21-12(19)6-10(20)13(15,16)17/h2-3,6-7H,1,4-5,8H2. The van der Waals surface area contributed by atoms with E-state index in [1.54, 1.807) is 23.2 Å². The minimum absolute atomic E-state index is 0.346. The Kier molecular flexibility index (Phi) is 5.16. The molecule has 1 aliphatic heterocycles. The predicted octanol–water partition coefficient (Wildman–Crippen LogP) is 3.65. The number of hydrogen-bond donors (Lipinski definition) is 0. The minimum Gasteiger partial charge on any atom is -0.362 e. The molecule has 0 radical (unpaired) electrons. The lowest BCUT2D eigenvalue weighted by molar-refractivity contribution is -0.165. The molecule has 21 heavy (non-hydrogen) atoms. The number of allylic oxidation sites excluding steroid dienone is 1. The van der Waals surface area contributed by atoms with E-state index in [1.165, 1.54) is 11.8 Å². The number of ketones is 1. The van der Waals surface area contributed by atoms with Gasteiger partial charge in [0.25, 0.3) is 5.78 Å². The summed E-state index contributed by atoms with van der Waals surface area (Å²) >= 11 is 6.95. The molecule has 0 saturated carbocycles. The van der Waals surface area contributed by atoms with Crippen molar-refractivity contribution in [2.24, 2.45) is 0 Å². The van der Waals surface area contributed by atoms with Crippen molar-refractivity contribution in [1.29, 1.82) is 0 Å². The molecule has 0 aromatic carbocycles. The molecule has 2 rings (SSSR count). The maximum atomic E-state index is 12.4. The van der Waals surface area contributed by atoms with Crippen molar-refractivity contribution < 1.29 is 18.0 Å². The highest BCUT2D eigenvalue weighted by Crippen LogP contribution is 2.30. The van der Waals surface area contributed by atoms with E-state index < -0.39 is 12.0 Å². The van der Waals surface area contributed by atoms with Crippen molar-refractivity contribution in [1.82, 2.24) is 9.88 Å². The van der Waals surface area contributed by atoms with Crippen LogP contribution in [0.15, 0.2) is 29.4 Å². The molecule has 0 spiro atoms. The Morgan fingerprint density at radius 3 is 2.86 bits per heavy atom. The number of aromatic nitrogens is 1. The van der Waals surface area contributed by atoms with Gasteiger partial charge in [0, 0.05) is 31.1 Å². The van der Waals surface area contributed by atoms with Gasteiger partial charge in [0.15, 0.2) is 0 Å². The Bertz CT molecular complexity index is 545. The van der Waals surface area contributed by atoms with E-state index in [1.807, 2.05) is 0 Å². The molecule has 1 aromatic heterocycles. The summed E-state index contributed by atoms with van der Waals surface area (Å²) in [5.74, 6) is -1.13. The normalized spacial score (nSPS) is 18.1. The van der Waals surface area contributed by atoms with Crippen LogP contribution in [0.4, 0.5) is 13.2 Å². The maximum absolute atomic E-state index is 12.4. The van der Waals surface area contributed by atoms with E-state index in [0.29, 0.717) is 35.1 Å². The lowest BCUT2D eigenvalue weighted by atomic mass is 10.2.